The van der Waals surface area contributed by atoms with E-state index < -0.39 is 32.3 Å². The third-order valence-electron chi connectivity index (χ3n) is 0.429. The number of hydrogen-bond donors (Lipinski definition) is 7. The second kappa shape index (κ2) is 20.0. The quantitative estimate of drug-likeness (QED) is 0.147. The monoisotopic (exact) mass is 336 g/mol. The maximum absolute atomic E-state index is 10.1. The first kappa shape index (κ1) is 32.8. The van der Waals surface area contributed by atoms with Crippen LogP contribution >= 0.6 is 0 Å². The van der Waals surface area contributed by atoms with Gasteiger partial charge in [0.2, 0.25) is 0 Å². The fourth-order valence-corrected chi connectivity index (χ4v) is 0.934. The minimum Gasteiger partial charge on any atom is -1.00 e. The number of hydrogen-bond acceptors (Lipinski definition) is 8. The van der Waals surface area contributed by atoms with Crippen LogP contribution in [0.25, 0.3) is 0 Å². The molecule has 0 aromatic rings. The predicted octanol–water partition coefficient (Wildman–Crippen LogP) is -5.66. The molecule has 0 unspecified atom stereocenters. The minimum atomic E-state index is -3.82. The molecule has 0 saturated heterocycles. The molecule has 0 aliphatic rings. The molecule has 0 spiro atoms. The van der Waals surface area contributed by atoms with Crippen LogP contribution in [0, 0.1) is 0 Å². The summed E-state index contributed by atoms with van der Waals surface area (Å²) in [5, 5.41) is 41.7. The first-order valence-corrected chi connectivity index (χ1v) is 5.82. The molecule has 21 heavy (non-hydrogen) atoms. The smallest absolute Gasteiger partial charge is 1.00 e. The van der Waals surface area contributed by atoms with E-state index in [9.17, 15) is 21.4 Å². The zero-order valence-corrected chi connectivity index (χ0v) is 12.0. The summed E-state index contributed by atoms with van der Waals surface area (Å²) in [6.45, 7) is 4.84. The third kappa shape index (κ3) is 260. The van der Waals surface area contributed by atoms with Gasteiger partial charge in [0.1, 0.15) is 0 Å². The summed E-state index contributed by atoms with van der Waals surface area (Å²) in [5.41, 5.74) is 0.438. The van der Waals surface area contributed by atoms with Crippen molar-refractivity contribution in [3.05, 3.63) is 12.2 Å². The molecule has 122 valence electrons. The summed E-state index contributed by atoms with van der Waals surface area (Å²) in [4.78, 5) is 0. The van der Waals surface area contributed by atoms with E-state index in [2.05, 4.69) is 6.58 Å². The minimum absolute atomic E-state index is 0. The Hall–Kier alpha value is -0.00779. The van der Waals surface area contributed by atoms with Crippen molar-refractivity contribution >= 4 is 32.3 Å². The molecule has 0 fully saturated rings. The molecule has 7 N–H and O–H groups in total. The molecule has 0 aliphatic heterocycles. The van der Waals surface area contributed by atoms with E-state index in [0.717, 1.165) is 0 Å². The maximum Gasteiger partial charge on any atom is 1.00 e. The molecule has 17 heteroatoms. The summed E-state index contributed by atoms with van der Waals surface area (Å²) >= 11 is 0. The molecule has 0 aromatic carbocycles. The van der Waals surface area contributed by atoms with Gasteiger partial charge >= 0.3 is 41.0 Å². The van der Waals surface area contributed by atoms with Crippen LogP contribution in [0.5, 0.6) is 0 Å². The van der Waals surface area contributed by atoms with Crippen LogP contribution < -0.4 is 18.9 Å². The van der Waals surface area contributed by atoms with Crippen molar-refractivity contribution in [3.63, 3.8) is 0 Å². The van der Waals surface area contributed by atoms with Gasteiger partial charge in [-0.2, -0.15) is 8.42 Å². The summed E-state index contributed by atoms with van der Waals surface area (Å²) in [5.74, 6) is -0.340. The molecule has 9 nitrogen and oxygen atoms in total. The van der Waals surface area contributed by atoms with Crippen LogP contribution in [0.1, 0.15) is 8.35 Å². The van der Waals surface area contributed by atoms with E-state index in [1.54, 1.807) is 0 Å². The Balaban J connectivity index is -0.0000000400. The van der Waals surface area contributed by atoms with Gasteiger partial charge in [0, 0.05) is 0 Å². The molecule has 0 heterocycles. The molecule has 0 aliphatic carbocycles. The molecule has 0 rings (SSSR count). The zero-order chi connectivity index (χ0) is 17.5. The Morgan fingerprint density at radius 2 is 1.14 bits per heavy atom. The Kier molecular flexibility index (Phi) is 31.2. The van der Waals surface area contributed by atoms with Crippen LogP contribution in [0.3, 0.4) is 0 Å². The van der Waals surface area contributed by atoms with Crippen molar-refractivity contribution in [2.45, 2.75) is 6.92 Å². The maximum atomic E-state index is 10.1. The topological polar surface area (TPSA) is 176 Å². The van der Waals surface area contributed by atoms with Gasteiger partial charge in [-0.25, -0.2) is 0 Å². The van der Waals surface area contributed by atoms with Crippen LogP contribution in [-0.4, -0.2) is 71.1 Å². The van der Waals surface area contributed by atoms with Crippen LogP contribution in [0.2, 0.25) is 0 Å². The van der Waals surface area contributed by atoms with Gasteiger partial charge in [-0.15, -0.1) is 0 Å². The number of halogens is 3. The SMILES string of the molecule is C=C(C)CS(=O)(=O)O.OB(O)F.OB(O)F.OB(O)F.[H-].[Li+]. The fraction of sp³-hybridized carbons (Fsp3) is 0.500. The van der Waals surface area contributed by atoms with Gasteiger partial charge in [0.15, 0.2) is 0 Å². The van der Waals surface area contributed by atoms with Gasteiger partial charge in [0.25, 0.3) is 10.1 Å². The zero-order valence-electron chi connectivity index (χ0n) is 12.1. The standard InChI is InChI=1S/C4H8O3S.3BFH2O2.Li.H/c1-4(2)3-8(5,6)7;3*2-1(3)4;;/h1,3H2,2H3,(H,5,6,7);3*3-4H;;/q;;;;+1;-1. The van der Waals surface area contributed by atoms with E-state index in [1.807, 2.05) is 0 Å². The van der Waals surface area contributed by atoms with E-state index in [4.69, 9.17) is 34.7 Å². The second-order valence-electron chi connectivity index (χ2n) is 2.62. The summed E-state index contributed by atoms with van der Waals surface area (Å²) < 4.78 is 58.3. The molecular formula is C4H15B3F3LiO9S. The van der Waals surface area contributed by atoms with E-state index in [-0.39, 0.29) is 26.0 Å². The first-order valence-electron chi connectivity index (χ1n) is 4.22. The van der Waals surface area contributed by atoms with Crippen molar-refractivity contribution in [1.82, 2.24) is 0 Å². The average molecular weight is 336 g/mol. The summed E-state index contributed by atoms with van der Waals surface area (Å²) in [6, 6.07) is 0. The Morgan fingerprint density at radius 3 is 1.14 bits per heavy atom. The predicted molar refractivity (Wildman–Crippen MR) is 66.2 cm³/mol. The third-order valence-corrected chi connectivity index (χ3v) is 1.29. The largest absolute Gasteiger partial charge is 1.00 e. The van der Waals surface area contributed by atoms with Gasteiger partial charge in [-0.1, -0.05) is 12.2 Å². The van der Waals surface area contributed by atoms with Crippen molar-refractivity contribution in [3.8, 4) is 0 Å². The summed E-state index contributed by atoms with van der Waals surface area (Å²) in [6.07, 6.45) is 0. The van der Waals surface area contributed by atoms with Crippen molar-refractivity contribution in [1.29, 1.82) is 0 Å². The van der Waals surface area contributed by atoms with Crippen LogP contribution in [0.4, 0.5) is 12.9 Å². The fourth-order valence-electron chi connectivity index (χ4n) is 0.311. The van der Waals surface area contributed by atoms with Crippen molar-refractivity contribution in [2.24, 2.45) is 0 Å². The average Bonchev–Trinajstić information content (AvgIpc) is 1.92. The Labute approximate surface area is 134 Å². The first-order chi connectivity index (χ1) is 8.61. The molecule has 0 bridgehead atoms. The van der Waals surface area contributed by atoms with Gasteiger partial charge in [-0.05, 0) is 6.92 Å². The molecular weight excluding hydrogens is 320 g/mol. The van der Waals surface area contributed by atoms with E-state index in [0.29, 0.717) is 5.57 Å². The summed E-state index contributed by atoms with van der Waals surface area (Å²) in [7, 11) is -11.8. The Morgan fingerprint density at radius 1 is 1.00 bits per heavy atom. The van der Waals surface area contributed by atoms with Gasteiger partial charge in [-0.3, -0.25) is 17.5 Å². The normalized spacial score (nSPS) is 8.14. The molecule has 0 radical (unpaired) electrons. The molecule has 0 aromatic heterocycles. The number of rotatable bonds is 2. The van der Waals surface area contributed by atoms with E-state index in [1.165, 1.54) is 6.92 Å². The van der Waals surface area contributed by atoms with Gasteiger partial charge < -0.3 is 31.6 Å². The second-order valence-corrected chi connectivity index (χ2v) is 4.07. The van der Waals surface area contributed by atoms with Gasteiger partial charge in [0.05, 0.1) is 5.75 Å². The Bertz CT molecular complexity index is 301. The molecule has 0 saturated carbocycles. The molecule has 0 amide bonds. The molecule has 0 atom stereocenters. The van der Waals surface area contributed by atoms with Crippen LogP contribution in [0.15, 0.2) is 12.2 Å². The van der Waals surface area contributed by atoms with Crippen molar-refractivity contribution in [2.75, 3.05) is 5.75 Å². The van der Waals surface area contributed by atoms with Crippen molar-refractivity contribution < 1.29 is 76.3 Å². The van der Waals surface area contributed by atoms with E-state index >= 15 is 0 Å². The van der Waals surface area contributed by atoms with Crippen LogP contribution in [-0.2, 0) is 10.1 Å².